The molecule has 0 unspecified atom stereocenters. The van der Waals surface area contributed by atoms with Gasteiger partial charge >= 0.3 is 5.97 Å². The van der Waals surface area contributed by atoms with E-state index in [1.807, 2.05) is 31.2 Å². The fourth-order valence-corrected chi connectivity index (χ4v) is 2.20. The number of hydrogen-bond acceptors (Lipinski definition) is 2. The lowest BCUT2D eigenvalue weighted by atomic mass is 10.1. The number of carboxylic acid groups (broad SMARTS) is 1. The van der Waals surface area contributed by atoms with Crippen LogP contribution in [0.5, 0.6) is 0 Å². The Morgan fingerprint density at radius 2 is 1.62 bits per heavy atom. The van der Waals surface area contributed by atoms with Crippen LogP contribution in [0.2, 0.25) is 0 Å². The number of benzene rings is 2. The van der Waals surface area contributed by atoms with E-state index < -0.39 is 5.97 Å². The van der Waals surface area contributed by atoms with Crippen molar-refractivity contribution in [2.75, 3.05) is 11.4 Å². The van der Waals surface area contributed by atoms with Crippen molar-refractivity contribution in [3.8, 4) is 0 Å². The first-order chi connectivity index (χ1) is 10.1. The summed E-state index contributed by atoms with van der Waals surface area (Å²) in [7, 11) is 0. The van der Waals surface area contributed by atoms with E-state index in [0.717, 1.165) is 23.4 Å². The third-order valence-electron chi connectivity index (χ3n) is 3.33. The van der Waals surface area contributed by atoms with Gasteiger partial charge in [-0.1, -0.05) is 24.3 Å². The topological polar surface area (TPSA) is 40.5 Å². The van der Waals surface area contributed by atoms with Gasteiger partial charge in [-0.15, -0.1) is 0 Å². The first-order valence-corrected chi connectivity index (χ1v) is 6.88. The molecule has 0 fully saturated rings. The van der Waals surface area contributed by atoms with Crippen LogP contribution < -0.4 is 4.90 Å². The number of halogens is 1. The molecule has 2 aromatic rings. The minimum Gasteiger partial charge on any atom is -0.481 e. The number of carboxylic acids is 1. The van der Waals surface area contributed by atoms with Crippen molar-refractivity contribution in [3.63, 3.8) is 0 Å². The highest BCUT2D eigenvalue weighted by Gasteiger charge is 2.06. The number of aliphatic carboxylic acids is 1. The largest absolute Gasteiger partial charge is 0.481 e. The third-order valence-corrected chi connectivity index (χ3v) is 3.33. The molecule has 3 nitrogen and oxygen atoms in total. The molecule has 0 aliphatic rings. The van der Waals surface area contributed by atoms with Gasteiger partial charge in [-0.2, -0.15) is 0 Å². The second-order valence-corrected chi connectivity index (χ2v) is 4.88. The zero-order valence-corrected chi connectivity index (χ0v) is 11.9. The molecule has 2 aromatic carbocycles. The van der Waals surface area contributed by atoms with E-state index in [9.17, 15) is 9.18 Å². The van der Waals surface area contributed by atoms with Crippen LogP contribution in [0, 0.1) is 5.82 Å². The summed E-state index contributed by atoms with van der Waals surface area (Å²) in [4.78, 5) is 12.8. The third kappa shape index (κ3) is 4.31. The summed E-state index contributed by atoms with van der Waals surface area (Å²) in [6, 6.07) is 14.0. The van der Waals surface area contributed by atoms with Gasteiger partial charge in [0.05, 0.1) is 6.42 Å². The predicted molar refractivity (Wildman–Crippen MR) is 80.9 cm³/mol. The summed E-state index contributed by atoms with van der Waals surface area (Å²) < 4.78 is 13.0. The minimum absolute atomic E-state index is 0.0374. The molecule has 0 aromatic heterocycles. The monoisotopic (exact) mass is 287 g/mol. The second-order valence-electron chi connectivity index (χ2n) is 4.88. The maximum Gasteiger partial charge on any atom is 0.307 e. The van der Waals surface area contributed by atoms with Gasteiger partial charge < -0.3 is 10.0 Å². The smallest absolute Gasteiger partial charge is 0.307 e. The average molecular weight is 287 g/mol. The van der Waals surface area contributed by atoms with Crippen LogP contribution >= 0.6 is 0 Å². The standard InChI is InChI=1S/C17H18FNO2/c1-2-19(16-9-7-15(18)8-10-16)12-14-5-3-13(4-6-14)11-17(20)21/h3-10H,2,11-12H2,1H3,(H,20,21). The normalized spacial score (nSPS) is 10.4. The quantitative estimate of drug-likeness (QED) is 0.884. The van der Waals surface area contributed by atoms with Crippen LogP contribution in [0.25, 0.3) is 0 Å². The number of nitrogens with zero attached hydrogens (tertiary/aromatic N) is 1. The van der Waals surface area contributed by atoms with E-state index >= 15 is 0 Å². The molecule has 0 saturated carbocycles. The highest BCUT2D eigenvalue weighted by molar-refractivity contribution is 5.70. The van der Waals surface area contributed by atoms with Gasteiger partial charge in [0.1, 0.15) is 5.82 Å². The van der Waals surface area contributed by atoms with Crippen LogP contribution in [-0.4, -0.2) is 17.6 Å². The molecule has 0 bridgehead atoms. The minimum atomic E-state index is -0.829. The number of anilines is 1. The van der Waals surface area contributed by atoms with Crippen LogP contribution in [0.15, 0.2) is 48.5 Å². The predicted octanol–water partition coefficient (Wildman–Crippen LogP) is 3.48. The second kappa shape index (κ2) is 6.88. The molecule has 4 heteroatoms. The van der Waals surface area contributed by atoms with Crippen molar-refractivity contribution in [2.45, 2.75) is 19.9 Å². The first kappa shape index (κ1) is 15.0. The van der Waals surface area contributed by atoms with Crippen molar-refractivity contribution in [3.05, 3.63) is 65.5 Å². The summed E-state index contributed by atoms with van der Waals surface area (Å²) in [6.07, 6.45) is 0.0374. The van der Waals surface area contributed by atoms with Crippen LogP contribution in [0.4, 0.5) is 10.1 Å². The van der Waals surface area contributed by atoms with Crippen molar-refractivity contribution in [2.24, 2.45) is 0 Å². The van der Waals surface area contributed by atoms with Crippen molar-refractivity contribution < 1.29 is 14.3 Å². The Hall–Kier alpha value is -2.36. The molecule has 0 heterocycles. The molecule has 0 aliphatic carbocycles. The Morgan fingerprint density at radius 3 is 2.14 bits per heavy atom. The fourth-order valence-electron chi connectivity index (χ4n) is 2.20. The molecule has 110 valence electrons. The Kier molecular flexibility index (Phi) is 4.93. The summed E-state index contributed by atoms with van der Waals surface area (Å²) in [6.45, 7) is 3.56. The molecule has 21 heavy (non-hydrogen) atoms. The molecular formula is C17H18FNO2. The SMILES string of the molecule is CCN(Cc1ccc(CC(=O)O)cc1)c1ccc(F)cc1. The molecule has 2 rings (SSSR count). The lowest BCUT2D eigenvalue weighted by molar-refractivity contribution is -0.136. The van der Waals surface area contributed by atoms with Crippen molar-refractivity contribution in [1.29, 1.82) is 0 Å². The molecule has 0 spiro atoms. The maximum atomic E-state index is 13.0. The van der Waals surface area contributed by atoms with Gasteiger partial charge in [0.25, 0.3) is 0 Å². The van der Waals surface area contributed by atoms with Crippen molar-refractivity contribution in [1.82, 2.24) is 0 Å². The molecule has 0 amide bonds. The van der Waals surface area contributed by atoms with Gasteiger partial charge in [0, 0.05) is 18.8 Å². The van der Waals surface area contributed by atoms with Gasteiger partial charge in [0.2, 0.25) is 0 Å². The molecule has 0 radical (unpaired) electrons. The zero-order chi connectivity index (χ0) is 15.2. The Balaban J connectivity index is 2.07. The number of rotatable bonds is 6. The molecule has 0 saturated heterocycles. The fraction of sp³-hybridized carbons (Fsp3) is 0.235. The molecular weight excluding hydrogens is 269 g/mol. The maximum absolute atomic E-state index is 13.0. The lowest BCUT2D eigenvalue weighted by Crippen LogP contribution is -2.21. The first-order valence-electron chi connectivity index (χ1n) is 6.88. The van der Waals surface area contributed by atoms with Crippen molar-refractivity contribution >= 4 is 11.7 Å². The van der Waals surface area contributed by atoms with Crippen LogP contribution in [0.3, 0.4) is 0 Å². The highest BCUT2D eigenvalue weighted by atomic mass is 19.1. The van der Waals surface area contributed by atoms with Gasteiger partial charge in [-0.3, -0.25) is 4.79 Å². The van der Waals surface area contributed by atoms with E-state index in [1.54, 1.807) is 12.1 Å². The van der Waals surface area contributed by atoms with E-state index in [-0.39, 0.29) is 12.2 Å². The highest BCUT2D eigenvalue weighted by Crippen LogP contribution is 2.18. The zero-order valence-electron chi connectivity index (χ0n) is 11.9. The van der Waals surface area contributed by atoms with Gasteiger partial charge in [-0.05, 0) is 42.3 Å². The van der Waals surface area contributed by atoms with E-state index in [2.05, 4.69) is 4.90 Å². The van der Waals surface area contributed by atoms with Gasteiger partial charge in [-0.25, -0.2) is 4.39 Å². The summed E-state index contributed by atoms with van der Waals surface area (Å²) in [5.74, 6) is -1.07. The Labute approximate surface area is 123 Å². The van der Waals surface area contributed by atoms with Crippen LogP contribution in [0.1, 0.15) is 18.1 Å². The van der Waals surface area contributed by atoms with Crippen LogP contribution in [-0.2, 0) is 17.8 Å². The number of hydrogen-bond donors (Lipinski definition) is 1. The molecule has 1 N–H and O–H groups in total. The Bertz CT molecular complexity index is 593. The molecule has 0 atom stereocenters. The van der Waals surface area contributed by atoms with E-state index in [1.165, 1.54) is 12.1 Å². The summed E-state index contributed by atoms with van der Waals surface area (Å²) in [5, 5.41) is 8.75. The number of carbonyl (C=O) groups is 1. The van der Waals surface area contributed by atoms with Gasteiger partial charge in [0.15, 0.2) is 0 Å². The average Bonchev–Trinajstić information content (AvgIpc) is 2.47. The lowest BCUT2D eigenvalue weighted by Gasteiger charge is -2.23. The Morgan fingerprint density at radius 1 is 1.05 bits per heavy atom. The molecule has 0 aliphatic heterocycles. The summed E-state index contributed by atoms with van der Waals surface area (Å²) >= 11 is 0. The van der Waals surface area contributed by atoms with E-state index in [0.29, 0.717) is 6.54 Å². The van der Waals surface area contributed by atoms with E-state index in [4.69, 9.17) is 5.11 Å². The summed E-state index contributed by atoms with van der Waals surface area (Å²) in [5.41, 5.74) is 2.85.